The van der Waals surface area contributed by atoms with Crippen LogP contribution in [-0.2, 0) is 16.1 Å². The molecule has 5 rings (SSSR count). The van der Waals surface area contributed by atoms with E-state index in [2.05, 4.69) is 22.0 Å². The standard InChI is InChI=1S/C29H25N3O5S/c1-35-24-14-20(15-25(36-2)26(24)37-3)32-28(34)22(27(33)30-29(32)38)13-19-17-31(16-18-9-5-4-6-10-18)23-12-8-7-11-21(19)23/h4-15,17H,16H2,1-3H3,(H,30,33,38)/b22-13-. The van der Waals surface area contributed by atoms with Crippen LogP contribution in [0.2, 0.25) is 0 Å². The summed E-state index contributed by atoms with van der Waals surface area (Å²) in [5.41, 5.74) is 3.19. The maximum Gasteiger partial charge on any atom is 0.270 e. The maximum absolute atomic E-state index is 13.7. The molecule has 3 aromatic carbocycles. The molecule has 0 radical (unpaired) electrons. The number of rotatable bonds is 7. The molecule has 1 saturated heterocycles. The number of para-hydroxylation sites is 1. The highest BCUT2D eigenvalue weighted by molar-refractivity contribution is 7.80. The molecule has 1 aliphatic rings. The predicted octanol–water partition coefficient (Wildman–Crippen LogP) is 4.55. The Bertz CT molecular complexity index is 1570. The van der Waals surface area contributed by atoms with Gasteiger partial charge in [-0.2, -0.15) is 0 Å². The number of nitrogens with one attached hydrogen (secondary N) is 1. The van der Waals surface area contributed by atoms with E-state index in [-0.39, 0.29) is 10.7 Å². The highest BCUT2D eigenvalue weighted by atomic mass is 32.1. The Morgan fingerprint density at radius 2 is 1.55 bits per heavy atom. The third kappa shape index (κ3) is 4.48. The van der Waals surface area contributed by atoms with E-state index in [9.17, 15) is 9.59 Å². The largest absolute Gasteiger partial charge is 0.493 e. The molecule has 4 aromatic rings. The molecule has 1 N–H and O–H groups in total. The number of carbonyl (C=O) groups is 2. The number of carbonyl (C=O) groups excluding carboxylic acids is 2. The van der Waals surface area contributed by atoms with Crippen LogP contribution in [0.25, 0.3) is 17.0 Å². The van der Waals surface area contributed by atoms with Crippen molar-refractivity contribution < 1.29 is 23.8 Å². The second kappa shape index (κ2) is 10.4. The lowest BCUT2D eigenvalue weighted by Gasteiger charge is -2.29. The zero-order valence-electron chi connectivity index (χ0n) is 21.1. The van der Waals surface area contributed by atoms with Gasteiger partial charge in [0.05, 0.1) is 27.0 Å². The number of hydrogen-bond donors (Lipinski definition) is 1. The first kappa shape index (κ1) is 25.0. The number of anilines is 1. The summed E-state index contributed by atoms with van der Waals surface area (Å²) in [6, 6.07) is 21.2. The van der Waals surface area contributed by atoms with Gasteiger partial charge in [0, 0.05) is 41.3 Å². The SMILES string of the molecule is COc1cc(N2C(=O)/C(=C\c3cn(Cc4ccccc4)c4ccccc34)C(=O)NC2=S)cc(OC)c1OC. The van der Waals surface area contributed by atoms with Crippen molar-refractivity contribution in [3.8, 4) is 17.2 Å². The second-order valence-electron chi connectivity index (χ2n) is 8.56. The molecule has 0 unspecified atom stereocenters. The molecule has 192 valence electrons. The number of thiocarbonyl (C=S) groups is 1. The van der Waals surface area contributed by atoms with Crippen LogP contribution in [0.5, 0.6) is 17.2 Å². The first-order valence-corrected chi connectivity index (χ1v) is 12.2. The summed E-state index contributed by atoms with van der Waals surface area (Å²) in [4.78, 5) is 28.0. The number of ether oxygens (including phenoxy) is 3. The molecule has 0 spiro atoms. The second-order valence-corrected chi connectivity index (χ2v) is 8.94. The first-order chi connectivity index (χ1) is 18.4. The summed E-state index contributed by atoms with van der Waals surface area (Å²) < 4.78 is 18.4. The molecule has 8 nitrogen and oxygen atoms in total. The van der Waals surface area contributed by atoms with Gasteiger partial charge >= 0.3 is 0 Å². The van der Waals surface area contributed by atoms with Crippen molar-refractivity contribution in [3.63, 3.8) is 0 Å². The third-order valence-corrected chi connectivity index (χ3v) is 6.61. The van der Waals surface area contributed by atoms with Crippen molar-refractivity contribution in [3.05, 3.63) is 89.6 Å². The number of aromatic nitrogens is 1. The average molecular weight is 528 g/mol. The Hall–Kier alpha value is -4.63. The smallest absolute Gasteiger partial charge is 0.270 e. The minimum atomic E-state index is -0.566. The van der Waals surface area contributed by atoms with Gasteiger partial charge < -0.3 is 18.8 Å². The molecule has 2 amide bonds. The number of benzene rings is 3. The topological polar surface area (TPSA) is 82.0 Å². The van der Waals surface area contributed by atoms with Crippen LogP contribution in [0.4, 0.5) is 5.69 Å². The highest BCUT2D eigenvalue weighted by Gasteiger charge is 2.35. The van der Waals surface area contributed by atoms with Gasteiger partial charge in [0.1, 0.15) is 5.57 Å². The van der Waals surface area contributed by atoms with Gasteiger partial charge in [0.15, 0.2) is 16.6 Å². The molecule has 0 saturated carbocycles. The Morgan fingerprint density at radius 1 is 0.895 bits per heavy atom. The van der Waals surface area contributed by atoms with Crippen molar-refractivity contribution in [2.45, 2.75) is 6.54 Å². The number of methoxy groups -OCH3 is 3. The van der Waals surface area contributed by atoms with Crippen molar-refractivity contribution in [1.29, 1.82) is 0 Å². The fourth-order valence-corrected chi connectivity index (χ4v) is 4.83. The van der Waals surface area contributed by atoms with Crippen LogP contribution in [-0.4, -0.2) is 42.8 Å². The van der Waals surface area contributed by atoms with E-state index in [0.717, 1.165) is 22.0 Å². The van der Waals surface area contributed by atoms with Crippen LogP contribution in [0.15, 0.2) is 78.5 Å². The number of hydrogen-bond acceptors (Lipinski definition) is 6. The summed E-state index contributed by atoms with van der Waals surface area (Å²) in [6.45, 7) is 0.645. The predicted molar refractivity (Wildman–Crippen MR) is 150 cm³/mol. The minimum absolute atomic E-state index is 0.0436. The first-order valence-electron chi connectivity index (χ1n) is 11.8. The maximum atomic E-state index is 13.7. The summed E-state index contributed by atoms with van der Waals surface area (Å²) in [5, 5.41) is 3.51. The Balaban J connectivity index is 1.58. The van der Waals surface area contributed by atoms with Gasteiger partial charge in [-0.3, -0.25) is 19.8 Å². The summed E-state index contributed by atoms with van der Waals surface area (Å²) in [7, 11) is 4.46. The highest BCUT2D eigenvalue weighted by Crippen LogP contribution is 2.41. The number of nitrogens with zero attached hydrogens (tertiary/aromatic N) is 2. The normalized spacial score (nSPS) is 14.7. The molecule has 38 heavy (non-hydrogen) atoms. The quantitative estimate of drug-likeness (QED) is 0.216. The van der Waals surface area contributed by atoms with Gasteiger partial charge in [-0.05, 0) is 29.9 Å². The van der Waals surface area contributed by atoms with Crippen molar-refractivity contribution in [1.82, 2.24) is 9.88 Å². The van der Waals surface area contributed by atoms with Crippen molar-refractivity contribution >= 4 is 51.8 Å². The molecule has 1 aromatic heterocycles. The lowest BCUT2D eigenvalue weighted by atomic mass is 10.1. The molecule has 0 bridgehead atoms. The lowest BCUT2D eigenvalue weighted by molar-refractivity contribution is -0.122. The van der Waals surface area contributed by atoms with Crippen LogP contribution in [0.3, 0.4) is 0 Å². The summed E-state index contributed by atoms with van der Waals surface area (Å²) in [6.07, 6.45) is 3.55. The molecule has 0 atom stereocenters. The fraction of sp³-hybridized carbons (Fsp3) is 0.138. The molecule has 0 aliphatic carbocycles. The molecule has 2 heterocycles. The summed E-state index contributed by atoms with van der Waals surface area (Å²) in [5.74, 6) is -0.0515. The molecule has 1 fully saturated rings. The number of amides is 2. The van der Waals surface area contributed by atoms with Crippen molar-refractivity contribution in [2.24, 2.45) is 0 Å². The van der Waals surface area contributed by atoms with Crippen LogP contribution >= 0.6 is 12.2 Å². The molecule has 9 heteroatoms. The van der Waals surface area contributed by atoms with Crippen LogP contribution in [0.1, 0.15) is 11.1 Å². The van der Waals surface area contributed by atoms with Crippen LogP contribution < -0.4 is 24.4 Å². The summed E-state index contributed by atoms with van der Waals surface area (Å²) >= 11 is 5.38. The van der Waals surface area contributed by atoms with Gasteiger partial charge in [-0.15, -0.1) is 0 Å². The number of fused-ring (bicyclic) bond motifs is 1. The van der Waals surface area contributed by atoms with Gasteiger partial charge in [-0.25, -0.2) is 0 Å². The zero-order valence-corrected chi connectivity index (χ0v) is 21.9. The Labute approximate surface area is 225 Å². The van der Waals surface area contributed by atoms with E-state index in [0.29, 0.717) is 29.5 Å². The minimum Gasteiger partial charge on any atom is -0.493 e. The Morgan fingerprint density at radius 3 is 2.21 bits per heavy atom. The lowest BCUT2D eigenvalue weighted by Crippen LogP contribution is -2.54. The third-order valence-electron chi connectivity index (χ3n) is 6.32. The van der Waals surface area contributed by atoms with E-state index in [1.807, 2.05) is 48.7 Å². The van der Waals surface area contributed by atoms with E-state index in [4.69, 9.17) is 26.4 Å². The van der Waals surface area contributed by atoms with E-state index >= 15 is 0 Å². The van der Waals surface area contributed by atoms with Gasteiger partial charge in [0.2, 0.25) is 5.75 Å². The van der Waals surface area contributed by atoms with Crippen LogP contribution in [0, 0.1) is 0 Å². The van der Waals surface area contributed by atoms with E-state index in [1.165, 1.54) is 26.2 Å². The van der Waals surface area contributed by atoms with Crippen molar-refractivity contribution in [2.75, 3.05) is 26.2 Å². The molecular formula is C29H25N3O5S. The van der Waals surface area contributed by atoms with Gasteiger partial charge in [0.25, 0.3) is 11.8 Å². The monoisotopic (exact) mass is 527 g/mol. The fourth-order valence-electron chi connectivity index (χ4n) is 4.54. The molecular weight excluding hydrogens is 502 g/mol. The van der Waals surface area contributed by atoms with Gasteiger partial charge in [-0.1, -0.05) is 48.5 Å². The van der Waals surface area contributed by atoms with E-state index in [1.54, 1.807) is 18.2 Å². The molecule has 1 aliphatic heterocycles. The Kier molecular flexibility index (Phi) is 6.85. The average Bonchev–Trinajstić information content (AvgIpc) is 3.27. The van der Waals surface area contributed by atoms with E-state index < -0.39 is 11.8 Å². The zero-order chi connectivity index (χ0) is 26.8.